The van der Waals surface area contributed by atoms with Crippen molar-refractivity contribution in [3.8, 4) is 0 Å². The predicted octanol–water partition coefficient (Wildman–Crippen LogP) is 3.26. The highest BCUT2D eigenvalue weighted by Crippen LogP contribution is 2.40. The van der Waals surface area contributed by atoms with E-state index in [9.17, 15) is 0 Å². The molecule has 2 heteroatoms. The lowest BCUT2D eigenvalue weighted by molar-refractivity contribution is 0.348. The molecule has 1 aliphatic rings. The smallest absolute Gasteiger partial charge is 0.0376 e. The van der Waals surface area contributed by atoms with Gasteiger partial charge in [-0.2, -0.15) is 0 Å². The third kappa shape index (κ3) is 2.39. The highest BCUT2D eigenvalue weighted by atomic mass is 15.2. The molecule has 1 saturated heterocycles. The van der Waals surface area contributed by atoms with E-state index < -0.39 is 0 Å². The number of hydrogen-bond acceptors (Lipinski definition) is 2. The zero-order valence-corrected chi connectivity index (χ0v) is 12.2. The van der Waals surface area contributed by atoms with Crippen molar-refractivity contribution in [3.05, 3.63) is 29.3 Å². The summed E-state index contributed by atoms with van der Waals surface area (Å²) in [4.78, 5) is 2.56. The molecule has 0 spiro atoms. The van der Waals surface area contributed by atoms with Crippen LogP contribution in [0.1, 0.15) is 37.8 Å². The van der Waals surface area contributed by atoms with Crippen LogP contribution in [0.5, 0.6) is 0 Å². The fourth-order valence-corrected chi connectivity index (χ4v) is 3.41. The minimum Gasteiger partial charge on any atom is -0.366 e. The van der Waals surface area contributed by atoms with Gasteiger partial charge in [0.25, 0.3) is 0 Å². The zero-order valence-electron chi connectivity index (χ0n) is 12.2. The Hall–Kier alpha value is -1.02. The number of hydrogen-bond donors (Lipinski definition) is 1. The lowest BCUT2D eigenvalue weighted by Crippen LogP contribution is -2.43. The molecule has 1 aromatic rings. The van der Waals surface area contributed by atoms with Crippen molar-refractivity contribution in [3.63, 3.8) is 0 Å². The van der Waals surface area contributed by atoms with Crippen molar-refractivity contribution in [2.75, 3.05) is 18.0 Å². The highest BCUT2D eigenvalue weighted by molar-refractivity contribution is 5.54. The summed E-state index contributed by atoms with van der Waals surface area (Å²) < 4.78 is 0. The fraction of sp³-hybridized carbons (Fsp3) is 0.625. The Labute approximate surface area is 111 Å². The van der Waals surface area contributed by atoms with Crippen molar-refractivity contribution < 1.29 is 0 Å². The third-order valence-corrected chi connectivity index (χ3v) is 4.43. The van der Waals surface area contributed by atoms with Gasteiger partial charge in [-0.25, -0.2) is 0 Å². The maximum absolute atomic E-state index is 5.74. The molecular weight excluding hydrogens is 220 g/mol. The Kier molecular flexibility index (Phi) is 3.67. The maximum atomic E-state index is 5.74. The lowest BCUT2D eigenvalue weighted by atomic mass is 9.85. The molecule has 2 nitrogen and oxygen atoms in total. The van der Waals surface area contributed by atoms with Gasteiger partial charge in [0.15, 0.2) is 0 Å². The molecule has 1 unspecified atom stereocenters. The molecule has 1 heterocycles. The van der Waals surface area contributed by atoms with Gasteiger partial charge >= 0.3 is 0 Å². The first-order chi connectivity index (χ1) is 8.45. The fourth-order valence-electron chi connectivity index (χ4n) is 3.41. The summed E-state index contributed by atoms with van der Waals surface area (Å²) >= 11 is 0. The molecule has 0 bridgehead atoms. The van der Waals surface area contributed by atoms with E-state index in [2.05, 4.69) is 50.8 Å². The van der Waals surface area contributed by atoms with Gasteiger partial charge in [-0.05, 0) is 76.3 Å². The van der Waals surface area contributed by atoms with E-state index in [-0.39, 0.29) is 5.54 Å². The van der Waals surface area contributed by atoms with Gasteiger partial charge in [0.05, 0.1) is 0 Å². The van der Waals surface area contributed by atoms with Crippen LogP contribution in [0.3, 0.4) is 0 Å². The molecule has 1 aromatic carbocycles. The average molecular weight is 246 g/mol. The van der Waals surface area contributed by atoms with Crippen LogP contribution in [0.4, 0.5) is 5.69 Å². The second-order valence-electron chi connectivity index (χ2n) is 6.21. The molecule has 1 aliphatic heterocycles. The molecular formula is C16H26N2. The number of anilines is 1. The number of rotatable bonds is 3. The minimum atomic E-state index is 0.222. The third-order valence-electron chi connectivity index (χ3n) is 4.43. The summed E-state index contributed by atoms with van der Waals surface area (Å²) in [6.45, 7) is 11.0. The topological polar surface area (TPSA) is 29.3 Å². The summed E-state index contributed by atoms with van der Waals surface area (Å²) in [6, 6.07) is 6.85. The van der Waals surface area contributed by atoms with Gasteiger partial charge < -0.3 is 10.6 Å². The number of aryl methyl sites for hydroxylation is 2. The van der Waals surface area contributed by atoms with Crippen molar-refractivity contribution >= 4 is 5.69 Å². The normalized spacial score (nSPS) is 22.5. The number of benzene rings is 1. The molecule has 0 radical (unpaired) electrons. The summed E-state index contributed by atoms with van der Waals surface area (Å²) in [6.07, 6.45) is 2.39. The van der Waals surface area contributed by atoms with Gasteiger partial charge in [-0.3, -0.25) is 0 Å². The summed E-state index contributed by atoms with van der Waals surface area (Å²) in [5, 5.41) is 0. The van der Waals surface area contributed by atoms with E-state index in [1.54, 1.807) is 0 Å². The second-order valence-corrected chi connectivity index (χ2v) is 6.21. The molecule has 100 valence electrons. The van der Waals surface area contributed by atoms with E-state index in [1.807, 2.05) is 0 Å². The van der Waals surface area contributed by atoms with E-state index in [1.165, 1.54) is 23.2 Å². The van der Waals surface area contributed by atoms with Gasteiger partial charge in [0.1, 0.15) is 0 Å². The van der Waals surface area contributed by atoms with Crippen LogP contribution in [-0.2, 0) is 0 Å². The summed E-state index contributed by atoms with van der Waals surface area (Å²) in [5.41, 5.74) is 10.0. The molecule has 0 saturated carbocycles. The molecule has 18 heavy (non-hydrogen) atoms. The van der Waals surface area contributed by atoms with E-state index in [0.717, 1.165) is 19.5 Å². The first-order valence-corrected chi connectivity index (χ1v) is 7.01. The Morgan fingerprint density at radius 2 is 1.83 bits per heavy atom. The number of nitrogens with zero attached hydrogens (tertiary/aromatic N) is 1. The Balaban J connectivity index is 2.28. The Bertz CT molecular complexity index is 403. The van der Waals surface area contributed by atoms with Crippen molar-refractivity contribution in [1.29, 1.82) is 0 Å². The van der Waals surface area contributed by atoms with Crippen molar-refractivity contribution in [2.45, 2.75) is 46.1 Å². The standard InChI is InChI=1S/C16H26N2/c1-12-9-13(2)11-15(10-12)18-8-6-14(5-7-17)16(18,3)4/h9-11,14H,5-8,17H2,1-4H3. The van der Waals surface area contributed by atoms with E-state index >= 15 is 0 Å². The van der Waals surface area contributed by atoms with Crippen LogP contribution in [-0.4, -0.2) is 18.6 Å². The van der Waals surface area contributed by atoms with Crippen molar-refractivity contribution in [2.24, 2.45) is 11.7 Å². The first kappa shape index (κ1) is 13.4. The quantitative estimate of drug-likeness (QED) is 0.887. The Morgan fingerprint density at radius 3 is 2.39 bits per heavy atom. The van der Waals surface area contributed by atoms with Crippen LogP contribution >= 0.6 is 0 Å². The highest BCUT2D eigenvalue weighted by Gasteiger charge is 2.40. The van der Waals surface area contributed by atoms with Crippen LogP contribution in [0.2, 0.25) is 0 Å². The van der Waals surface area contributed by atoms with Gasteiger partial charge in [-0.15, -0.1) is 0 Å². The summed E-state index contributed by atoms with van der Waals surface area (Å²) in [7, 11) is 0. The minimum absolute atomic E-state index is 0.222. The van der Waals surface area contributed by atoms with Crippen LogP contribution in [0.25, 0.3) is 0 Å². The number of nitrogens with two attached hydrogens (primary N) is 1. The molecule has 2 rings (SSSR count). The average Bonchev–Trinajstić information content (AvgIpc) is 2.54. The lowest BCUT2D eigenvalue weighted by Gasteiger charge is -2.38. The first-order valence-electron chi connectivity index (χ1n) is 7.01. The largest absolute Gasteiger partial charge is 0.366 e. The van der Waals surface area contributed by atoms with Crippen LogP contribution < -0.4 is 10.6 Å². The van der Waals surface area contributed by atoms with Gasteiger partial charge in [-0.1, -0.05) is 6.07 Å². The molecule has 1 fully saturated rings. The predicted molar refractivity (Wildman–Crippen MR) is 79.1 cm³/mol. The molecule has 0 amide bonds. The van der Waals surface area contributed by atoms with Gasteiger partial charge in [0, 0.05) is 17.8 Å². The van der Waals surface area contributed by atoms with Crippen LogP contribution in [0, 0.1) is 19.8 Å². The molecule has 1 atom stereocenters. The van der Waals surface area contributed by atoms with E-state index in [0.29, 0.717) is 5.92 Å². The van der Waals surface area contributed by atoms with Gasteiger partial charge in [0.2, 0.25) is 0 Å². The Morgan fingerprint density at radius 1 is 1.22 bits per heavy atom. The zero-order chi connectivity index (χ0) is 13.3. The molecule has 2 N–H and O–H groups in total. The van der Waals surface area contributed by atoms with E-state index in [4.69, 9.17) is 5.73 Å². The SMILES string of the molecule is Cc1cc(C)cc(N2CCC(CCN)C2(C)C)c1. The maximum Gasteiger partial charge on any atom is 0.0376 e. The second kappa shape index (κ2) is 4.93. The van der Waals surface area contributed by atoms with Crippen molar-refractivity contribution in [1.82, 2.24) is 0 Å². The monoisotopic (exact) mass is 246 g/mol. The summed E-state index contributed by atoms with van der Waals surface area (Å²) in [5.74, 6) is 0.711. The van der Waals surface area contributed by atoms with Crippen LogP contribution in [0.15, 0.2) is 18.2 Å². The molecule has 0 aromatic heterocycles. The molecule has 0 aliphatic carbocycles.